The van der Waals surface area contributed by atoms with Crippen molar-refractivity contribution in [3.63, 3.8) is 0 Å². The largest absolute Gasteiger partial charge is 0.507 e. The predicted octanol–water partition coefficient (Wildman–Crippen LogP) is -4.61. The summed E-state index contributed by atoms with van der Waals surface area (Å²) in [5, 5.41) is 115. The van der Waals surface area contributed by atoms with Crippen molar-refractivity contribution in [3.05, 3.63) is 33.7 Å². The van der Waals surface area contributed by atoms with Crippen molar-refractivity contribution < 1.29 is 84.3 Å². The molecule has 0 radical (unpaired) electrons. The van der Waals surface area contributed by atoms with E-state index in [4.69, 9.17) is 28.1 Å². The molecule has 2 aromatic rings. The fraction of sp³-hybridized carbons (Fsp3) is 0.679. The molecule has 18 heteroatoms. The Labute approximate surface area is 259 Å². The molecule has 258 valence electrons. The van der Waals surface area contributed by atoms with Crippen molar-refractivity contribution in [1.82, 2.24) is 0 Å². The van der Waals surface area contributed by atoms with Gasteiger partial charge in [-0.2, -0.15) is 0 Å². The molecule has 18 nitrogen and oxygen atoms in total. The minimum absolute atomic E-state index is 0.167. The van der Waals surface area contributed by atoms with Crippen molar-refractivity contribution in [2.45, 2.75) is 98.7 Å². The molecule has 4 heterocycles. The van der Waals surface area contributed by atoms with Crippen molar-refractivity contribution in [2.24, 2.45) is 0 Å². The van der Waals surface area contributed by atoms with Gasteiger partial charge in [-0.1, -0.05) is 0 Å². The first-order chi connectivity index (χ1) is 21.7. The van der Waals surface area contributed by atoms with Gasteiger partial charge in [-0.15, -0.1) is 0 Å². The highest BCUT2D eigenvalue weighted by Crippen LogP contribution is 2.46. The van der Waals surface area contributed by atoms with Crippen LogP contribution in [0.2, 0.25) is 0 Å². The number of methoxy groups -OCH3 is 1. The van der Waals surface area contributed by atoms with Crippen molar-refractivity contribution >= 4 is 11.0 Å². The fourth-order valence-corrected chi connectivity index (χ4v) is 6.01. The lowest BCUT2D eigenvalue weighted by molar-refractivity contribution is -0.278. The van der Waals surface area contributed by atoms with E-state index in [2.05, 4.69) is 0 Å². The Hall–Kier alpha value is -2.53. The lowest BCUT2D eigenvalue weighted by atomic mass is 9.87. The Morgan fingerprint density at radius 3 is 1.93 bits per heavy atom. The van der Waals surface area contributed by atoms with Gasteiger partial charge in [0.05, 0.1) is 24.9 Å². The van der Waals surface area contributed by atoms with E-state index in [0.29, 0.717) is 0 Å². The summed E-state index contributed by atoms with van der Waals surface area (Å²) in [7, 11) is 1.28. The maximum atomic E-state index is 13.7. The van der Waals surface area contributed by atoms with Crippen LogP contribution in [0.4, 0.5) is 0 Å². The van der Waals surface area contributed by atoms with Crippen LogP contribution in [-0.2, 0) is 18.9 Å². The van der Waals surface area contributed by atoms with Crippen LogP contribution in [0.5, 0.6) is 11.5 Å². The number of rotatable bonds is 7. The van der Waals surface area contributed by atoms with E-state index in [9.17, 15) is 61.0 Å². The molecule has 1 aromatic carbocycles. The summed E-state index contributed by atoms with van der Waals surface area (Å²) in [6, 6.07) is 2.28. The van der Waals surface area contributed by atoms with E-state index >= 15 is 0 Å². The molecule has 3 saturated heterocycles. The highest BCUT2D eigenvalue weighted by Gasteiger charge is 2.50. The van der Waals surface area contributed by atoms with Crippen LogP contribution in [0.3, 0.4) is 0 Å². The summed E-state index contributed by atoms with van der Waals surface area (Å²) in [6.45, 7) is 0.260. The topological polar surface area (TPSA) is 299 Å². The molecule has 0 saturated carbocycles. The molecule has 3 aliphatic heterocycles. The Morgan fingerprint density at radius 2 is 1.30 bits per heavy atom. The molecular weight excluding hydrogens is 624 g/mol. The van der Waals surface area contributed by atoms with Crippen LogP contribution in [-0.4, -0.2) is 156 Å². The average Bonchev–Trinajstić information content (AvgIpc) is 3.03. The summed E-state index contributed by atoms with van der Waals surface area (Å²) < 4.78 is 33.2. The van der Waals surface area contributed by atoms with Crippen LogP contribution in [0.1, 0.15) is 30.3 Å². The molecule has 3 fully saturated rings. The first kappa shape index (κ1) is 34.8. The smallest absolute Gasteiger partial charge is 0.379 e. The zero-order valence-corrected chi connectivity index (χ0v) is 24.5. The molecular formula is C28H38O18. The lowest BCUT2D eigenvalue weighted by Gasteiger charge is -2.42. The van der Waals surface area contributed by atoms with Gasteiger partial charge in [0.25, 0.3) is 0 Å². The first-order valence-corrected chi connectivity index (χ1v) is 14.4. The van der Waals surface area contributed by atoms with Gasteiger partial charge in [-0.3, -0.25) is 0 Å². The number of aliphatic hydroxyl groups is 10. The van der Waals surface area contributed by atoms with Crippen LogP contribution in [0.25, 0.3) is 11.0 Å². The van der Waals surface area contributed by atoms with Gasteiger partial charge in [0.1, 0.15) is 90.7 Å². The normalized spacial score (nSPS) is 41.9. The molecule has 15 atom stereocenters. The number of ether oxygens (including phenoxy) is 5. The Morgan fingerprint density at radius 1 is 0.717 bits per heavy atom. The number of phenols is 1. The molecule has 0 spiro atoms. The third-order valence-electron chi connectivity index (χ3n) is 8.63. The molecule has 1 aromatic heterocycles. The summed E-state index contributed by atoms with van der Waals surface area (Å²) in [5.74, 6) is -1.40. The standard InChI is InChI=1S/C28H38O18/c1-7-14(31)17(34)20(37)25(42-7)13-9(30)4-3-8-12(24-21(38)18(35)16(33)11(43-24)6-41-2)26(27(40)45-23(8)13)46-28-22(39)19(36)15(32)10(5-29)44-28/h3-4,7,10-11,14-22,24-25,28-39H,5-6H2,1-2H3/t7-,10+,11-,14-,15+,16-,17+,18+,19-,20+,21+,22+,24?,25?,28?/m0/s1. The van der Waals surface area contributed by atoms with Gasteiger partial charge in [0, 0.05) is 18.1 Å². The minimum Gasteiger partial charge on any atom is -0.507 e. The van der Waals surface area contributed by atoms with E-state index in [1.807, 2.05) is 0 Å². The quantitative estimate of drug-likeness (QED) is 0.124. The van der Waals surface area contributed by atoms with E-state index in [0.717, 1.165) is 6.07 Å². The second kappa shape index (κ2) is 13.5. The molecule has 46 heavy (non-hydrogen) atoms. The number of fused-ring (bicyclic) bond motifs is 1. The third kappa shape index (κ3) is 5.88. The summed E-state index contributed by atoms with van der Waals surface area (Å²) in [5.41, 5.74) is -2.59. The number of hydrogen-bond acceptors (Lipinski definition) is 18. The van der Waals surface area contributed by atoms with Gasteiger partial charge in [0.15, 0.2) is 0 Å². The van der Waals surface area contributed by atoms with Crippen LogP contribution in [0, 0.1) is 0 Å². The van der Waals surface area contributed by atoms with Crippen LogP contribution < -0.4 is 10.4 Å². The SMILES string of the molecule is COC[C@@H]1OC(c2c(OC3O[C@H](CO)[C@@H](O)[C@H](O)[C@H]3O)c(=O)oc3c(C4O[C@@H](C)[C@H](O)[C@@H](O)[C@H]4O)c(O)ccc23)[C@H](O)[C@H](O)[C@H]1O. The number of hydrogen-bond donors (Lipinski definition) is 11. The Kier molecular flexibility index (Phi) is 10.2. The zero-order valence-electron chi connectivity index (χ0n) is 24.5. The van der Waals surface area contributed by atoms with Crippen molar-refractivity contribution in [2.75, 3.05) is 20.3 Å². The van der Waals surface area contributed by atoms with Gasteiger partial charge in [-0.05, 0) is 19.1 Å². The maximum absolute atomic E-state index is 13.7. The monoisotopic (exact) mass is 662 g/mol. The summed E-state index contributed by atoms with van der Waals surface area (Å²) in [4.78, 5) is 13.7. The van der Waals surface area contributed by atoms with Gasteiger partial charge < -0.3 is 84.3 Å². The number of aliphatic hydroxyl groups excluding tert-OH is 10. The highest BCUT2D eigenvalue weighted by molar-refractivity contribution is 5.87. The average molecular weight is 663 g/mol. The first-order valence-electron chi connectivity index (χ1n) is 14.4. The predicted molar refractivity (Wildman–Crippen MR) is 147 cm³/mol. The molecule has 3 unspecified atom stereocenters. The van der Waals surface area contributed by atoms with E-state index in [1.165, 1.54) is 20.1 Å². The molecule has 0 bridgehead atoms. The van der Waals surface area contributed by atoms with Gasteiger partial charge >= 0.3 is 5.63 Å². The Bertz CT molecular complexity index is 1430. The lowest BCUT2D eigenvalue weighted by Crippen LogP contribution is -2.60. The van der Waals surface area contributed by atoms with Crippen LogP contribution in [0.15, 0.2) is 21.3 Å². The summed E-state index contributed by atoms with van der Waals surface area (Å²) >= 11 is 0. The second-order valence-electron chi connectivity index (χ2n) is 11.6. The number of aromatic hydroxyl groups is 1. The van der Waals surface area contributed by atoms with E-state index in [1.54, 1.807) is 0 Å². The van der Waals surface area contributed by atoms with Crippen molar-refractivity contribution in [1.29, 1.82) is 0 Å². The molecule has 3 aliphatic rings. The van der Waals surface area contributed by atoms with Crippen LogP contribution >= 0.6 is 0 Å². The zero-order chi connectivity index (χ0) is 33.8. The van der Waals surface area contributed by atoms with E-state index < -0.39 is 121 Å². The molecule has 5 rings (SSSR count). The summed E-state index contributed by atoms with van der Waals surface area (Å²) in [6.07, 6.45) is -25.3. The highest BCUT2D eigenvalue weighted by atomic mass is 16.7. The van der Waals surface area contributed by atoms with E-state index in [-0.39, 0.29) is 23.1 Å². The van der Waals surface area contributed by atoms with Gasteiger partial charge in [0.2, 0.25) is 12.0 Å². The molecule has 0 aliphatic carbocycles. The second-order valence-corrected chi connectivity index (χ2v) is 11.6. The fourth-order valence-electron chi connectivity index (χ4n) is 6.01. The van der Waals surface area contributed by atoms with Gasteiger partial charge in [-0.25, -0.2) is 4.79 Å². The van der Waals surface area contributed by atoms with Crippen molar-refractivity contribution in [3.8, 4) is 11.5 Å². The third-order valence-corrected chi connectivity index (χ3v) is 8.63. The number of phenolic OH excluding ortho intramolecular Hbond substituents is 1. The Balaban J connectivity index is 1.73. The maximum Gasteiger partial charge on any atom is 0.379 e. The molecule has 0 amide bonds. The molecule has 11 N–H and O–H groups in total. The number of benzene rings is 1. The minimum atomic E-state index is -2.00.